The van der Waals surface area contributed by atoms with Gasteiger partial charge in [0.1, 0.15) is 0 Å². The van der Waals surface area contributed by atoms with E-state index in [2.05, 4.69) is 13.8 Å². The normalized spacial score (nSPS) is 59.4. The summed E-state index contributed by atoms with van der Waals surface area (Å²) >= 11 is 0. The summed E-state index contributed by atoms with van der Waals surface area (Å²) in [6, 6.07) is 0. The first-order valence-corrected chi connectivity index (χ1v) is 8.23. The van der Waals surface area contributed by atoms with Gasteiger partial charge in [-0.15, -0.1) is 0 Å². The number of rotatable bonds is 1. The van der Waals surface area contributed by atoms with E-state index in [1.807, 2.05) is 6.92 Å². The van der Waals surface area contributed by atoms with Gasteiger partial charge in [0.25, 0.3) is 0 Å². The summed E-state index contributed by atoms with van der Waals surface area (Å²) in [4.78, 5) is 11.8. The molecule has 8 atom stereocenters. The number of hydrogen-bond acceptors (Lipinski definition) is 5. The zero-order valence-corrected chi connectivity index (χ0v) is 13.3. The molecule has 0 N–H and O–H groups in total. The van der Waals surface area contributed by atoms with Gasteiger partial charge in [0, 0.05) is 25.4 Å². The third kappa shape index (κ3) is 1.81. The first kappa shape index (κ1) is 14.4. The van der Waals surface area contributed by atoms with Crippen LogP contribution in [0, 0.1) is 23.7 Å². The van der Waals surface area contributed by atoms with Gasteiger partial charge in [-0.1, -0.05) is 13.8 Å². The van der Waals surface area contributed by atoms with Crippen LogP contribution in [0.4, 0.5) is 0 Å². The van der Waals surface area contributed by atoms with Crippen LogP contribution in [-0.4, -0.2) is 31.1 Å². The minimum Gasteiger partial charge on any atom is -0.355 e. The number of methoxy groups -OCH3 is 1. The molecule has 0 aromatic heterocycles. The molecular weight excluding hydrogens is 272 g/mol. The van der Waals surface area contributed by atoms with Crippen molar-refractivity contribution in [3.63, 3.8) is 0 Å². The molecule has 4 unspecified atom stereocenters. The Bertz CT molecular complexity index is 429. The van der Waals surface area contributed by atoms with E-state index in [1.165, 1.54) is 6.42 Å². The highest BCUT2D eigenvalue weighted by atomic mass is 17.3. The summed E-state index contributed by atoms with van der Waals surface area (Å²) < 4.78 is 17.9. The predicted molar refractivity (Wildman–Crippen MR) is 73.8 cm³/mol. The molecule has 0 amide bonds. The van der Waals surface area contributed by atoms with Crippen molar-refractivity contribution < 1.29 is 24.0 Å². The van der Waals surface area contributed by atoms with Crippen LogP contribution in [0.1, 0.15) is 46.5 Å². The SMILES string of the molecule is COC1O[C@@H]2O[C@@]3(C)CCC4[C@H](C)CCC(C1C)[C@]42OO3. The van der Waals surface area contributed by atoms with Crippen molar-refractivity contribution in [2.75, 3.05) is 7.11 Å². The molecule has 1 aliphatic carbocycles. The summed E-state index contributed by atoms with van der Waals surface area (Å²) in [7, 11) is 1.70. The maximum atomic E-state index is 6.21. The standard InChI is InChI=1S/C16H26O5/c1-9-5-6-12-10(2)13(17-4)18-14-16(12)11(9)7-8-15(3,19-14)20-21-16/h9-14H,5-8H2,1-4H3/t9-,10?,11?,12?,13?,14-,15-,16-/m1/s1. The van der Waals surface area contributed by atoms with Crippen molar-refractivity contribution in [3.05, 3.63) is 0 Å². The van der Waals surface area contributed by atoms with Gasteiger partial charge in [-0.2, -0.15) is 0 Å². The molecule has 5 nitrogen and oxygen atoms in total. The van der Waals surface area contributed by atoms with Gasteiger partial charge in [-0.05, 0) is 38.0 Å². The van der Waals surface area contributed by atoms with Gasteiger partial charge in [-0.25, -0.2) is 9.78 Å². The lowest BCUT2D eigenvalue weighted by Gasteiger charge is -2.60. The zero-order valence-electron chi connectivity index (χ0n) is 13.3. The Morgan fingerprint density at radius 2 is 1.86 bits per heavy atom. The highest BCUT2D eigenvalue weighted by Crippen LogP contribution is 2.60. The Balaban J connectivity index is 1.79. The third-order valence-corrected chi connectivity index (χ3v) is 6.33. The Morgan fingerprint density at radius 1 is 1.05 bits per heavy atom. The van der Waals surface area contributed by atoms with Gasteiger partial charge in [0.2, 0.25) is 5.79 Å². The molecule has 0 aromatic carbocycles. The minimum absolute atomic E-state index is 0.230. The fourth-order valence-corrected chi connectivity index (χ4v) is 5.14. The quantitative estimate of drug-likeness (QED) is 0.697. The van der Waals surface area contributed by atoms with Gasteiger partial charge in [0.05, 0.1) is 0 Å². The summed E-state index contributed by atoms with van der Waals surface area (Å²) in [6.07, 6.45) is 3.64. The zero-order chi connectivity index (χ0) is 14.8. The van der Waals surface area contributed by atoms with Gasteiger partial charge >= 0.3 is 0 Å². The Labute approximate surface area is 126 Å². The molecule has 5 rings (SSSR count). The Morgan fingerprint density at radius 3 is 2.62 bits per heavy atom. The first-order chi connectivity index (χ1) is 10.00. The van der Waals surface area contributed by atoms with Crippen LogP contribution in [0.25, 0.3) is 0 Å². The largest absolute Gasteiger partial charge is 0.355 e. The summed E-state index contributed by atoms with van der Waals surface area (Å²) in [5.41, 5.74) is -0.470. The van der Waals surface area contributed by atoms with E-state index in [0.29, 0.717) is 17.8 Å². The maximum absolute atomic E-state index is 6.21. The van der Waals surface area contributed by atoms with E-state index in [9.17, 15) is 0 Å². The lowest BCUT2D eigenvalue weighted by Crippen LogP contribution is -2.70. The minimum atomic E-state index is -0.698. The second-order valence-electron chi connectivity index (χ2n) is 7.51. The molecule has 4 heterocycles. The second kappa shape index (κ2) is 4.65. The van der Waals surface area contributed by atoms with Gasteiger partial charge < -0.3 is 14.2 Å². The highest BCUT2D eigenvalue weighted by molar-refractivity contribution is 5.08. The molecular formula is C16H26O5. The van der Waals surface area contributed by atoms with E-state index in [4.69, 9.17) is 24.0 Å². The molecule has 1 spiro atoms. The Hall–Kier alpha value is -0.200. The average Bonchev–Trinajstić information content (AvgIpc) is 2.69. The van der Waals surface area contributed by atoms with Crippen LogP contribution in [0.3, 0.4) is 0 Å². The fraction of sp³-hybridized carbons (Fsp3) is 1.00. The molecule has 21 heavy (non-hydrogen) atoms. The average molecular weight is 298 g/mol. The van der Waals surface area contributed by atoms with Crippen molar-refractivity contribution in [2.24, 2.45) is 23.7 Å². The molecule has 0 aromatic rings. The smallest absolute Gasteiger partial charge is 0.201 e. The lowest BCUT2D eigenvalue weighted by atomic mass is 9.58. The predicted octanol–water partition coefficient (Wildman–Crippen LogP) is 2.84. The summed E-state index contributed by atoms with van der Waals surface area (Å²) in [6.45, 7) is 6.46. The van der Waals surface area contributed by atoms with Crippen molar-refractivity contribution >= 4 is 0 Å². The molecule has 5 heteroatoms. The van der Waals surface area contributed by atoms with Gasteiger partial charge in [-0.3, -0.25) is 0 Å². The number of ether oxygens (including phenoxy) is 3. The molecule has 1 saturated carbocycles. The van der Waals surface area contributed by atoms with E-state index in [0.717, 1.165) is 19.3 Å². The van der Waals surface area contributed by atoms with Crippen LogP contribution < -0.4 is 0 Å². The van der Waals surface area contributed by atoms with E-state index >= 15 is 0 Å². The van der Waals surface area contributed by atoms with Crippen molar-refractivity contribution in [2.45, 2.75) is 70.4 Å². The third-order valence-electron chi connectivity index (χ3n) is 6.33. The van der Waals surface area contributed by atoms with E-state index < -0.39 is 17.7 Å². The fourth-order valence-electron chi connectivity index (χ4n) is 5.14. The van der Waals surface area contributed by atoms with Crippen molar-refractivity contribution in [3.8, 4) is 0 Å². The van der Waals surface area contributed by atoms with Gasteiger partial charge in [0.15, 0.2) is 18.2 Å². The Kier molecular flexibility index (Phi) is 3.19. The van der Waals surface area contributed by atoms with Crippen LogP contribution in [0.15, 0.2) is 0 Å². The molecule has 2 bridgehead atoms. The molecule has 5 aliphatic rings. The molecule has 4 aliphatic heterocycles. The topological polar surface area (TPSA) is 46.2 Å². The molecule has 0 radical (unpaired) electrons. The highest BCUT2D eigenvalue weighted by Gasteiger charge is 2.69. The van der Waals surface area contributed by atoms with Crippen molar-refractivity contribution in [1.82, 2.24) is 0 Å². The van der Waals surface area contributed by atoms with Crippen LogP contribution >= 0.6 is 0 Å². The molecule has 120 valence electrons. The molecule has 4 saturated heterocycles. The molecule has 5 fully saturated rings. The number of hydrogen-bond donors (Lipinski definition) is 0. The van der Waals surface area contributed by atoms with Crippen molar-refractivity contribution in [1.29, 1.82) is 0 Å². The second-order valence-corrected chi connectivity index (χ2v) is 7.51. The summed E-state index contributed by atoms with van der Waals surface area (Å²) in [5.74, 6) is 0.953. The monoisotopic (exact) mass is 298 g/mol. The first-order valence-electron chi connectivity index (χ1n) is 8.23. The van der Waals surface area contributed by atoms with E-state index in [-0.39, 0.29) is 12.2 Å². The van der Waals surface area contributed by atoms with Crippen LogP contribution in [0.2, 0.25) is 0 Å². The summed E-state index contributed by atoms with van der Waals surface area (Å²) in [5, 5.41) is 0. The lowest BCUT2D eigenvalue weighted by molar-refractivity contribution is -0.577. The van der Waals surface area contributed by atoms with Crippen LogP contribution in [0.5, 0.6) is 0 Å². The number of fused-ring (bicyclic) bond motifs is 2. The van der Waals surface area contributed by atoms with Crippen LogP contribution in [-0.2, 0) is 24.0 Å². The van der Waals surface area contributed by atoms with E-state index in [1.54, 1.807) is 7.11 Å². The maximum Gasteiger partial charge on any atom is 0.201 e.